The summed E-state index contributed by atoms with van der Waals surface area (Å²) in [7, 11) is -3.06. The molecular formula is C11H24N2O3S. The van der Waals surface area contributed by atoms with Gasteiger partial charge in [-0.2, -0.15) is 0 Å². The number of aliphatic hydroxyl groups is 1. The zero-order chi connectivity index (χ0) is 13.1. The van der Waals surface area contributed by atoms with Crippen LogP contribution in [0, 0.1) is 0 Å². The molecule has 5 nitrogen and oxygen atoms in total. The van der Waals surface area contributed by atoms with Crippen LogP contribution in [0.2, 0.25) is 0 Å². The molecule has 1 saturated heterocycles. The molecule has 102 valence electrons. The Kier molecular flexibility index (Phi) is 5.37. The molecule has 1 aliphatic rings. The highest BCUT2D eigenvalue weighted by Crippen LogP contribution is 2.13. The van der Waals surface area contributed by atoms with E-state index in [9.17, 15) is 13.5 Å². The van der Waals surface area contributed by atoms with E-state index in [1.54, 1.807) is 0 Å². The third kappa shape index (κ3) is 4.54. The van der Waals surface area contributed by atoms with Gasteiger partial charge in [-0.05, 0) is 20.0 Å². The maximum atomic E-state index is 11.4. The van der Waals surface area contributed by atoms with E-state index in [1.165, 1.54) is 0 Å². The summed E-state index contributed by atoms with van der Waals surface area (Å²) in [6.07, 6.45) is -0.765. The standard InChI is InChI=1S/C11H24N2O3S/c1-4-13(5-2)6-9(3)12-10-7-17(15,16)8-11(10)14/h9-12,14H,4-8H2,1-3H3. The molecule has 1 fully saturated rings. The Morgan fingerprint density at radius 2 is 1.94 bits per heavy atom. The van der Waals surface area contributed by atoms with Gasteiger partial charge in [0, 0.05) is 18.6 Å². The van der Waals surface area contributed by atoms with Crippen LogP contribution in [-0.2, 0) is 9.84 Å². The molecular weight excluding hydrogens is 240 g/mol. The number of aliphatic hydroxyl groups excluding tert-OH is 1. The van der Waals surface area contributed by atoms with Crippen molar-refractivity contribution >= 4 is 9.84 Å². The lowest BCUT2D eigenvalue weighted by Gasteiger charge is -2.26. The Labute approximate surface area is 104 Å². The highest BCUT2D eigenvalue weighted by atomic mass is 32.2. The molecule has 1 aliphatic heterocycles. The van der Waals surface area contributed by atoms with E-state index >= 15 is 0 Å². The number of likely N-dealkylation sites (N-methyl/N-ethyl adjacent to an activating group) is 1. The fourth-order valence-corrected chi connectivity index (χ4v) is 4.03. The third-order valence-electron chi connectivity index (χ3n) is 3.25. The fraction of sp³-hybridized carbons (Fsp3) is 1.00. The van der Waals surface area contributed by atoms with Crippen molar-refractivity contribution in [2.75, 3.05) is 31.1 Å². The molecule has 3 atom stereocenters. The van der Waals surface area contributed by atoms with Crippen molar-refractivity contribution in [1.29, 1.82) is 0 Å². The van der Waals surface area contributed by atoms with Gasteiger partial charge in [-0.15, -0.1) is 0 Å². The van der Waals surface area contributed by atoms with Crippen LogP contribution < -0.4 is 5.32 Å². The molecule has 1 heterocycles. The molecule has 0 bridgehead atoms. The predicted octanol–water partition coefficient (Wildman–Crippen LogP) is -0.536. The smallest absolute Gasteiger partial charge is 0.154 e. The van der Waals surface area contributed by atoms with Crippen molar-refractivity contribution in [2.24, 2.45) is 0 Å². The highest BCUT2D eigenvalue weighted by molar-refractivity contribution is 7.91. The van der Waals surface area contributed by atoms with Crippen molar-refractivity contribution in [3.63, 3.8) is 0 Å². The van der Waals surface area contributed by atoms with E-state index in [1.807, 2.05) is 6.92 Å². The molecule has 0 spiro atoms. The molecule has 17 heavy (non-hydrogen) atoms. The number of hydrogen-bond acceptors (Lipinski definition) is 5. The van der Waals surface area contributed by atoms with Gasteiger partial charge in [0.1, 0.15) is 0 Å². The van der Waals surface area contributed by atoms with E-state index in [4.69, 9.17) is 0 Å². The van der Waals surface area contributed by atoms with Gasteiger partial charge in [0.2, 0.25) is 0 Å². The Morgan fingerprint density at radius 1 is 1.35 bits per heavy atom. The maximum absolute atomic E-state index is 11.4. The van der Waals surface area contributed by atoms with Crippen LogP contribution in [-0.4, -0.2) is 67.8 Å². The van der Waals surface area contributed by atoms with E-state index in [-0.39, 0.29) is 23.6 Å². The first-order valence-corrected chi connectivity index (χ1v) is 8.07. The van der Waals surface area contributed by atoms with Gasteiger partial charge in [0.05, 0.1) is 17.6 Å². The minimum absolute atomic E-state index is 0.0523. The second-order valence-corrected chi connectivity index (χ2v) is 6.96. The average molecular weight is 264 g/mol. The topological polar surface area (TPSA) is 69.6 Å². The highest BCUT2D eigenvalue weighted by Gasteiger charge is 2.36. The first kappa shape index (κ1) is 14.9. The van der Waals surface area contributed by atoms with Crippen LogP contribution in [0.15, 0.2) is 0 Å². The van der Waals surface area contributed by atoms with E-state index in [2.05, 4.69) is 24.1 Å². The number of hydrogen-bond donors (Lipinski definition) is 2. The van der Waals surface area contributed by atoms with Crippen LogP contribution in [0.4, 0.5) is 0 Å². The van der Waals surface area contributed by atoms with Gasteiger partial charge in [-0.3, -0.25) is 0 Å². The molecule has 0 amide bonds. The van der Waals surface area contributed by atoms with E-state index in [0.29, 0.717) is 0 Å². The summed E-state index contributed by atoms with van der Waals surface area (Å²) in [4.78, 5) is 2.27. The van der Waals surface area contributed by atoms with Crippen molar-refractivity contribution in [2.45, 2.75) is 39.0 Å². The lowest BCUT2D eigenvalue weighted by molar-refractivity contribution is 0.153. The minimum atomic E-state index is -3.06. The molecule has 0 aromatic rings. The summed E-state index contributed by atoms with van der Waals surface area (Å²) >= 11 is 0. The first-order valence-electron chi connectivity index (χ1n) is 6.24. The summed E-state index contributed by atoms with van der Waals surface area (Å²) in [6.45, 7) is 9.06. The Balaban J connectivity index is 2.44. The third-order valence-corrected chi connectivity index (χ3v) is 4.96. The van der Waals surface area contributed by atoms with Gasteiger partial charge in [0.15, 0.2) is 9.84 Å². The zero-order valence-corrected chi connectivity index (χ0v) is 11.7. The predicted molar refractivity (Wildman–Crippen MR) is 68.8 cm³/mol. The molecule has 3 unspecified atom stereocenters. The van der Waals surface area contributed by atoms with Gasteiger partial charge in [0.25, 0.3) is 0 Å². The van der Waals surface area contributed by atoms with Crippen LogP contribution in [0.3, 0.4) is 0 Å². The van der Waals surface area contributed by atoms with E-state index in [0.717, 1.165) is 19.6 Å². The van der Waals surface area contributed by atoms with Gasteiger partial charge >= 0.3 is 0 Å². The second kappa shape index (κ2) is 6.13. The number of rotatable bonds is 6. The molecule has 1 rings (SSSR count). The largest absolute Gasteiger partial charge is 0.390 e. The van der Waals surface area contributed by atoms with Gasteiger partial charge in [-0.1, -0.05) is 13.8 Å². The Morgan fingerprint density at radius 3 is 2.35 bits per heavy atom. The molecule has 6 heteroatoms. The molecule has 2 N–H and O–H groups in total. The molecule has 0 saturated carbocycles. The number of nitrogens with one attached hydrogen (secondary N) is 1. The van der Waals surface area contributed by atoms with Crippen molar-refractivity contribution in [3.05, 3.63) is 0 Å². The maximum Gasteiger partial charge on any atom is 0.154 e. The normalized spacial score (nSPS) is 29.7. The Bertz CT molecular complexity index is 328. The van der Waals surface area contributed by atoms with Crippen molar-refractivity contribution in [3.8, 4) is 0 Å². The molecule has 0 aromatic heterocycles. The van der Waals surface area contributed by atoms with Crippen LogP contribution in [0.5, 0.6) is 0 Å². The summed E-state index contributed by atoms with van der Waals surface area (Å²) in [5.41, 5.74) is 0. The van der Waals surface area contributed by atoms with Crippen LogP contribution >= 0.6 is 0 Å². The van der Waals surface area contributed by atoms with E-state index < -0.39 is 15.9 Å². The SMILES string of the molecule is CCN(CC)CC(C)NC1CS(=O)(=O)CC1O. The monoisotopic (exact) mass is 264 g/mol. The Hall–Kier alpha value is -0.170. The molecule has 0 aromatic carbocycles. The van der Waals surface area contributed by atoms with Crippen molar-refractivity contribution in [1.82, 2.24) is 10.2 Å². The quantitative estimate of drug-likeness (QED) is 0.674. The van der Waals surface area contributed by atoms with Gasteiger partial charge < -0.3 is 15.3 Å². The first-order chi connectivity index (χ1) is 7.88. The lowest BCUT2D eigenvalue weighted by Crippen LogP contribution is -2.48. The molecule has 0 aliphatic carbocycles. The average Bonchev–Trinajstić information content (AvgIpc) is 2.48. The van der Waals surface area contributed by atoms with Crippen molar-refractivity contribution < 1.29 is 13.5 Å². The molecule has 0 radical (unpaired) electrons. The summed E-state index contributed by atoms with van der Waals surface area (Å²) in [5.74, 6) is -0.0561. The summed E-state index contributed by atoms with van der Waals surface area (Å²) in [5, 5.41) is 12.9. The summed E-state index contributed by atoms with van der Waals surface area (Å²) in [6, 6.07) is -0.131. The van der Waals surface area contributed by atoms with Crippen LogP contribution in [0.1, 0.15) is 20.8 Å². The minimum Gasteiger partial charge on any atom is -0.390 e. The number of nitrogens with zero attached hydrogens (tertiary/aromatic N) is 1. The second-order valence-electron chi connectivity index (χ2n) is 4.80. The van der Waals surface area contributed by atoms with Crippen LogP contribution in [0.25, 0.3) is 0 Å². The number of sulfone groups is 1. The fourth-order valence-electron chi connectivity index (χ4n) is 2.28. The zero-order valence-electron chi connectivity index (χ0n) is 10.9. The lowest BCUT2D eigenvalue weighted by atomic mass is 10.2. The summed E-state index contributed by atoms with van der Waals surface area (Å²) < 4.78 is 22.7. The van der Waals surface area contributed by atoms with Gasteiger partial charge in [-0.25, -0.2) is 8.42 Å².